The van der Waals surface area contributed by atoms with E-state index in [0.29, 0.717) is 10.6 Å². The molecule has 0 fully saturated rings. The van der Waals surface area contributed by atoms with E-state index < -0.39 is 16.9 Å². The Kier molecular flexibility index (Phi) is 5.15. The maximum atomic E-state index is 13.3. The van der Waals surface area contributed by atoms with Gasteiger partial charge in [0.1, 0.15) is 0 Å². The van der Waals surface area contributed by atoms with Crippen LogP contribution in [-0.2, 0) is 0 Å². The summed E-state index contributed by atoms with van der Waals surface area (Å²) >= 11 is 6.96. The molecule has 0 aliphatic heterocycles. The van der Waals surface area contributed by atoms with E-state index in [2.05, 4.69) is 10.2 Å². The molecule has 2 aromatic carbocycles. The Morgan fingerprint density at radius 3 is 2.68 bits per heavy atom. The van der Waals surface area contributed by atoms with Crippen LogP contribution in [0.5, 0.6) is 0 Å². The minimum atomic E-state index is -1.07. The van der Waals surface area contributed by atoms with Gasteiger partial charge in [-0.3, -0.25) is 4.79 Å². The first-order valence-electron chi connectivity index (χ1n) is 7.19. The molecule has 0 bridgehead atoms. The smallest absolute Gasteiger partial charge is 0.277 e. The highest BCUT2D eigenvalue weighted by molar-refractivity contribution is 8.00. The predicted octanol–water partition coefficient (Wildman–Crippen LogP) is 5.03. The molecule has 8 heteroatoms. The second kappa shape index (κ2) is 7.33. The Bertz CT molecular complexity index is 933. The summed E-state index contributed by atoms with van der Waals surface area (Å²) in [7, 11) is 0. The number of Topliss-reactive ketones (excluding diaryl/α,β-unsaturated/α-hetero) is 1. The molecule has 0 saturated carbocycles. The Hall–Kier alpha value is -2.25. The fourth-order valence-electron chi connectivity index (χ4n) is 2.08. The molecule has 3 rings (SSSR count). The van der Waals surface area contributed by atoms with E-state index >= 15 is 0 Å². The third-order valence-electron chi connectivity index (χ3n) is 3.33. The molecular formula is C17H11ClF2N2O2S. The van der Waals surface area contributed by atoms with Crippen LogP contribution in [-0.4, -0.2) is 21.2 Å². The number of aromatic nitrogens is 2. The Balaban J connectivity index is 1.74. The molecule has 0 amide bonds. The Morgan fingerprint density at radius 1 is 1.16 bits per heavy atom. The summed E-state index contributed by atoms with van der Waals surface area (Å²) in [6, 6.07) is 9.96. The van der Waals surface area contributed by atoms with Crippen LogP contribution in [0.3, 0.4) is 0 Å². The number of carbonyl (C=O) groups excluding carboxylic acids is 1. The van der Waals surface area contributed by atoms with Gasteiger partial charge in [0.25, 0.3) is 5.22 Å². The average Bonchev–Trinajstić information content (AvgIpc) is 3.05. The van der Waals surface area contributed by atoms with Gasteiger partial charge in [-0.1, -0.05) is 29.4 Å². The molecule has 1 aromatic heterocycles. The molecule has 0 spiro atoms. The van der Waals surface area contributed by atoms with E-state index in [1.54, 1.807) is 31.2 Å². The maximum absolute atomic E-state index is 13.3. The third kappa shape index (κ3) is 4.05. The average molecular weight is 381 g/mol. The molecule has 0 aliphatic rings. The van der Waals surface area contributed by atoms with Crippen molar-refractivity contribution in [1.29, 1.82) is 0 Å². The molecule has 4 nitrogen and oxygen atoms in total. The topological polar surface area (TPSA) is 56.0 Å². The van der Waals surface area contributed by atoms with E-state index in [1.165, 1.54) is 6.07 Å². The Morgan fingerprint density at radius 2 is 1.96 bits per heavy atom. The summed E-state index contributed by atoms with van der Waals surface area (Å²) in [6.07, 6.45) is 0. The van der Waals surface area contributed by atoms with Crippen molar-refractivity contribution in [2.24, 2.45) is 0 Å². The van der Waals surface area contributed by atoms with Gasteiger partial charge < -0.3 is 4.42 Å². The lowest BCUT2D eigenvalue weighted by Crippen LogP contribution is -2.14. The molecule has 0 radical (unpaired) electrons. The third-order valence-corrected chi connectivity index (χ3v) is 4.50. The molecule has 0 unspecified atom stereocenters. The minimum absolute atomic E-state index is 0.0773. The first kappa shape index (κ1) is 17.6. The van der Waals surface area contributed by atoms with Gasteiger partial charge in [0.15, 0.2) is 17.4 Å². The quantitative estimate of drug-likeness (QED) is 0.459. The zero-order valence-corrected chi connectivity index (χ0v) is 14.4. The molecule has 1 atom stereocenters. The van der Waals surface area contributed by atoms with Crippen molar-refractivity contribution in [3.8, 4) is 11.5 Å². The van der Waals surface area contributed by atoms with Gasteiger partial charge in [-0.2, -0.15) is 0 Å². The number of thioether (sulfide) groups is 1. The van der Waals surface area contributed by atoms with Gasteiger partial charge >= 0.3 is 0 Å². The molecule has 1 heterocycles. The number of nitrogens with zero attached hydrogens (tertiary/aromatic N) is 2. The number of rotatable bonds is 5. The van der Waals surface area contributed by atoms with Gasteiger partial charge in [-0.05, 0) is 43.3 Å². The number of ketones is 1. The molecule has 3 aromatic rings. The van der Waals surface area contributed by atoms with E-state index in [-0.39, 0.29) is 22.5 Å². The van der Waals surface area contributed by atoms with Crippen LogP contribution >= 0.6 is 23.4 Å². The largest absolute Gasteiger partial charge is 0.411 e. The summed E-state index contributed by atoms with van der Waals surface area (Å²) in [5, 5.41) is 7.92. The van der Waals surface area contributed by atoms with Crippen molar-refractivity contribution in [2.75, 3.05) is 0 Å². The van der Waals surface area contributed by atoms with Gasteiger partial charge in [-0.15, -0.1) is 10.2 Å². The maximum Gasteiger partial charge on any atom is 0.277 e. The second-order valence-electron chi connectivity index (χ2n) is 5.14. The lowest BCUT2D eigenvalue weighted by molar-refractivity contribution is 0.0993. The van der Waals surface area contributed by atoms with Crippen molar-refractivity contribution >= 4 is 29.1 Å². The fraction of sp³-hybridized carbons (Fsp3) is 0.118. The van der Waals surface area contributed by atoms with Crippen LogP contribution in [0.1, 0.15) is 17.3 Å². The van der Waals surface area contributed by atoms with Gasteiger partial charge in [-0.25, -0.2) is 8.78 Å². The summed E-state index contributed by atoms with van der Waals surface area (Å²) in [5.41, 5.74) is 0.736. The number of hydrogen-bond donors (Lipinski definition) is 0. The molecule has 0 N–H and O–H groups in total. The lowest BCUT2D eigenvalue weighted by atomic mass is 10.1. The zero-order valence-electron chi connectivity index (χ0n) is 12.9. The van der Waals surface area contributed by atoms with Crippen LogP contribution in [0.25, 0.3) is 11.5 Å². The standard InChI is InChI=1S/C17H11ClF2N2O2S/c1-9(15(23)10-5-6-13(19)14(20)8-10)25-17-22-21-16(24-17)11-3-2-4-12(18)7-11/h2-9H,1H3/t9-/m1/s1. The molecule has 0 saturated heterocycles. The normalized spacial score (nSPS) is 12.2. The fourth-order valence-corrected chi connectivity index (χ4v) is 3.04. The van der Waals surface area contributed by atoms with E-state index in [1.807, 2.05) is 0 Å². The number of halogens is 3. The van der Waals surface area contributed by atoms with Crippen molar-refractivity contribution in [3.63, 3.8) is 0 Å². The summed E-state index contributed by atoms with van der Waals surface area (Å²) in [6.45, 7) is 1.62. The minimum Gasteiger partial charge on any atom is -0.411 e. The van der Waals surface area contributed by atoms with Crippen LogP contribution in [0.2, 0.25) is 5.02 Å². The highest BCUT2D eigenvalue weighted by atomic mass is 35.5. The van der Waals surface area contributed by atoms with Crippen molar-refractivity contribution < 1.29 is 18.0 Å². The van der Waals surface area contributed by atoms with Gasteiger partial charge in [0, 0.05) is 16.1 Å². The first-order chi connectivity index (χ1) is 11.9. The number of hydrogen-bond acceptors (Lipinski definition) is 5. The second-order valence-corrected chi connectivity index (χ2v) is 6.87. The monoisotopic (exact) mass is 380 g/mol. The number of benzene rings is 2. The van der Waals surface area contributed by atoms with Crippen LogP contribution < -0.4 is 0 Å². The predicted molar refractivity (Wildman–Crippen MR) is 90.8 cm³/mol. The molecule has 0 aliphatic carbocycles. The molecule has 25 heavy (non-hydrogen) atoms. The van der Waals surface area contributed by atoms with Crippen molar-refractivity contribution in [1.82, 2.24) is 10.2 Å². The van der Waals surface area contributed by atoms with Crippen LogP contribution in [0.15, 0.2) is 52.1 Å². The molecule has 128 valence electrons. The summed E-state index contributed by atoms with van der Waals surface area (Å²) < 4.78 is 31.8. The first-order valence-corrected chi connectivity index (χ1v) is 8.45. The summed E-state index contributed by atoms with van der Waals surface area (Å²) in [4.78, 5) is 12.3. The van der Waals surface area contributed by atoms with E-state index in [0.717, 1.165) is 23.9 Å². The van der Waals surface area contributed by atoms with Crippen molar-refractivity contribution in [2.45, 2.75) is 17.4 Å². The highest BCUT2D eigenvalue weighted by Gasteiger charge is 2.21. The SMILES string of the molecule is C[C@@H](Sc1nnc(-c2cccc(Cl)c2)o1)C(=O)c1ccc(F)c(F)c1. The van der Waals surface area contributed by atoms with Gasteiger partial charge in [0.05, 0.1) is 5.25 Å². The highest BCUT2D eigenvalue weighted by Crippen LogP contribution is 2.28. The number of carbonyl (C=O) groups is 1. The lowest BCUT2D eigenvalue weighted by Gasteiger charge is -2.07. The zero-order chi connectivity index (χ0) is 18.0. The molecular weight excluding hydrogens is 370 g/mol. The van der Waals surface area contributed by atoms with E-state index in [9.17, 15) is 13.6 Å². The van der Waals surface area contributed by atoms with Crippen LogP contribution in [0.4, 0.5) is 8.78 Å². The van der Waals surface area contributed by atoms with Crippen LogP contribution in [0, 0.1) is 11.6 Å². The van der Waals surface area contributed by atoms with Gasteiger partial charge in [0.2, 0.25) is 5.89 Å². The summed E-state index contributed by atoms with van der Waals surface area (Å²) in [5.74, 6) is -2.16. The van der Waals surface area contributed by atoms with Crippen molar-refractivity contribution in [3.05, 3.63) is 64.7 Å². The van der Waals surface area contributed by atoms with E-state index in [4.69, 9.17) is 16.0 Å². The Labute approximate surface area is 151 Å².